The van der Waals surface area contributed by atoms with Crippen molar-refractivity contribution in [1.82, 2.24) is 0 Å². The van der Waals surface area contributed by atoms with E-state index >= 15 is 0 Å². The molecule has 3 N–H and O–H groups in total. The van der Waals surface area contributed by atoms with Crippen molar-refractivity contribution in [2.45, 2.75) is 31.7 Å². The van der Waals surface area contributed by atoms with Gasteiger partial charge in [0.2, 0.25) is 0 Å². The van der Waals surface area contributed by atoms with Gasteiger partial charge in [-0.05, 0) is 37.8 Å². The normalized spacial score (nSPS) is 18.3. The van der Waals surface area contributed by atoms with Crippen LogP contribution in [-0.4, -0.2) is 36.4 Å². The summed E-state index contributed by atoms with van der Waals surface area (Å²) in [4.78, 5) is 2.77. The number of aliphatic hydroxyl groups is 1. The number of methoxy groups -OCH3 is 1. The number of rotatable bonds is 6. The number of benzene rings is 1. The van der Waals surface area contributed by atoms with Gasteiger partial charge in [0.05, 0.1) is 12.8 Å². The summed E-state index contributed by atoms with van der Waals surface area (Å²) in [5.41, 5.74) is 7.80. The maximum atomic E-state index is 9.03. The second-order valence-electron chi connectivity index (χ2n) is 5.10. The SMILES string of the molecule is COc1ccc(C(N)=S)c(N2CCCC2CCCO)c1. The summed E-state index contributed by atoms with van der Waals surface area (Å²) >= 11 is 5.16. The molecule has 1 saturated heterocycles. The lowest BCUT2D eigenvalue weighted by molar-refractivity contribution is 0.279. The molecule has 1 aromatic rings. The van der Waals surface area contributed by atoms with Crippen LogP contribution >= 0.6 is 12.2 Å². The van der Waals surface area contributed by atoms with Gasteiger partial charge in [-0.2, -0.15) is 0 Å². The highest BCUT2D eigenvalue weighted by molar-refractivity contribution is 7.80. The quantitative estimate of drug-likeness (QED) is 0.787. The number of thiocarbonyl (C=S) groups is 1. The lowest BCUT2D eigenvalue weighted by Crippen LogP contribution is -2.31. The van der Waals surface area contributed by atoms with Crippen LogP contribution in [0.15, 0.2) is 18.2 Å². The first-order valence-electron chi connectivity index (χ1n) is 7.02. The molecular formula is C15H22N2O2S. The van der Waals surface area contributed by atoms with Crippen LogP contribution < -0.4 is 15.4 Å². The highest BCUT2D eigenvalue weighted by Gasteiger charge is 2.26. The minimum atomic E-state index is 0.241. The summed E-state index contributed by atoms with van der Waals surface area (Å²) in [6, 6.07) is 6.27. The third kappa shape index (κ3) is 3.22. The van der Waals surface area contributed by atoms with Gasteiger partial charge in [0.15, 0.2) is 0 Å². The van der Waals surface area contributed by atoms with Crippen molar-refractivity contribution in [2.24, 2.45) is 5.73 Å². The molecule has 1 aliphatic heterocycles. The highest BCUT2D eigenvalue weighted by atomic mass is 32.1. The predicted molar refractivity (Wildman–Crippen MR) is 85.6 cm³/mol. The van der Waals surface area contributed by atoms with Crippen molar-refractivity contribution >= 4 is 22.9 Å². The summed E-state index contributed by atoms with van der Waals surface area (Å²) in [6.45, 7) is 1.24. The van der Waals surface area contributed by atoms with E-state index in [2.05, 4.69) is 4.90 Å². The zero-order valence-electron chi connectivity index (χ0n) is 11.8. The molecule has 1 unspecified atom stereocenters. The van der Waals surface area contributed by atoms with Crippen LogP contribution in [-0.2, 0) is 0 Å². The van der Waals surface area contributed by atoms with E-state index in [1.54, 1.807) is 7.11 Å². The average Bonchev–Trinajstić information content (AvgIpc) is 2.92. The first-order chi connectivity index (χ1) is 9.67. The Bertz CT molecular complexity index is 479. The Kier molecular flexibility index (Phi) is 5.20. The van der Waals surface area contributed by atoms with Crippen molar-refractivity contribution in [3.63, 3.8) is 0 Å². The van der Waals surface area contributed by atoms with E-state index in [1.807, 2.05) is 18.2 Å². The van der Waals surface area contributed by atoms with Gasteiger partial charge in [-0.15, -0.1) is 0 Å². The Morgan fingerprint density at radius 1 is 1.55 bits per heavy atom. The molecule has 0 spiro atoms. The Labute approximate surface area is 125 Å². The number of hydrogen-bond donors (Lipinski definition) is 2. The smallest absolute Gasteiger partial charge is 0.120 e. The Morgan fingerprint density at radius 2 is 2.35 bits per heavy atom. The van der Waals surface area contributed by atoms with E-state index in [9.17, 15) is 0 Å². The van der Waals surface area contributed by atoms with Crippen molar-refractivity contribution in [3.05, 3.63) is 23.8 Å². The molecule has 0 saturated carbocycles. The number of hydrogen-bond acceptors (Lipinski definition) is 4. The molecule has 5 heteroatoms. The van der Waals surface area contributed by atoms with Crippen molar-refractivity contribution in [2.75, 3.05) is 25.2 Å². The fourth-order valence-electron chi connectivity index (χ4n) is 2.86. The van der Waals surface area contributed by atoms with E-state index in [0.29, 0.717) is 11.0 Å². The summed E-state index contributed by atoms with van der Waals surface area (Å²) < 4.78 is 5.31. The van der Waals surface area contributed by atoms with E-state index in [4.69, 9.17) is 27.8 Å². The van der Waals surface area contributed by atoms with Gasteiger partial charge in [0, 0.05) is 30.8 Å². The van der Waals surface area contributed by atoms with Crippen molar-refractivity contribution < 1.29 is 9.84 Å². The second kappa shape index (κ2) is 6.90. The molecular weight excluding hydrogens is 272 g/mol. The van der Waals surface area contributed by atoms with Gasteiger partial charge < -0.3 is 20.5 Å². The first kappa shape index (κ1) is 15.1. The third-order valence-corrected chi connectivity index (χ3v) is 4.07. The summed E-state index contributed by atoms with van der Waals surface area (Å²) in [5, 5.41) is 9.03. The van der Waals surface area contributed by atoms with E-state index < -0.39 is 0 Å². The van der Waals surface area contributed by atoms with Gasteiger partial charge in [-0.25, -0.2) is 0 Å². The first-order valence-corrected chi connectivity index (χ1v) is 7.43. The minimum absolute atomic E-state index is 0.241. The Hall–Kier alpha value is -1.33. The number of nitrogens with two attached hydrogens (primary N) is 1. The molecule has 0 aromatic heterocycles. The predicted octanol–water partition coefficient (Wildman–Crippen LogP) is 2.07. The molecule has 0 aliphatic carbocycles. The third-order valence-electron chi connectivity index (χ3n) is 3.85. The van der Waals surface area contributed by atoms with Crippen molar-refractivity contribution in [1.29, 1.82) is 0 Å². The summed E-state index contributed by atoms with van der Waals surface area (Å²) in [7, 11) is 1.66. The van der Waals surface area contributed by atoms with E-state index in [0.717, 1.165) is 49.2 Å². The molecule has 1 aromatic carbocycles. The number of ether oxygens (including phenoxy) is 1. The molecule has 1 aliphatic rings. The van der Waals surface area contributed by atoms with Crippen LogP contribution in [0, 0.1) is 0 Å². The lowest BCUT2D eigenvalue weighted by Gasteiger charge is -2.29. The molecule has 0 radical (unpaired) electrons. The van der Waals surface area contributed by atoms with Crippen LogP contribution in [0.4, 0.5) is 5.69 Å². The van der Waals surface area contributed by atoms with Crippen LogP contribution in [0.5, 0.6) is 5.75 Å². The fraction of sp³-hybridized carbons (Fsp3) is 0.533. The molecule has 110 valence electrons. The molecule has 0 bridgehead atoms. The van der Waals surface area contributed by atoms with Gasteiger partial charge in [-0.1, -0.05) is 12.2 Å². The second-order valence-corrected chi connectivity index (χ2v) is 5.54. The number of anilines is 1. The molecule has 0 amide bonds. The monoisotopic (exact) mass is 294 g/mol. The van der Waals surface area contributed by atoms with Crippen molar-refractivity contribution in [3.8, 4) is 5.75 Å². The minimum Gasteiger partial charge on any atom is -0.497 e. The van der Waals surface area contributed by atoms with Gasteiger partial charge in [0.25, 0.3) is 0 Å². The van der Waals surface area contributed by atoms with E-state index in [-0.39, 0.29) is 6.61 Å². The molecule has 1 fully saturated rings. The summed E-state index contributed by atoms with van der Waals surface area (Å²) in [6.07, 6.45) is 4.12. The molecule has 2 rings (SSSR count). The van der Waals surface area contributed by atoms with E-state index in [1.165, 1.54) is 0 Å². The van der Waals surface area contributed by atoms with Crippen LogP contribution in [0.3, 0.4) is 0 Å². The summed E-state index contributed by atoms with van der Waals surface area (Å²) in [5.74, 6) is 0.813. The molecule has 4 nitrogen and oxygen atoms in total. The van der Waals surface area contributed by atoms with Crippen LogP contribution in [0.25, 0.3) is 0 Å². The molecule has 1 atom stereocenters. The maximum absolute atomic E-state index is 9.03. The standard InChI is InChI=1S/C15H22N2O2S/c1-19-12-6-7-13(15(16)20)14(10-12)17-8-2-4-11(17)5-3-9-18/h6-7,10-11,18H,2-5,8-9H2,1H3,(H2,16,20). The Balaban J connectivity index is 2.31. The largest absolute Gasteiger partial charge is 0.497 e. The van der Waals surface area contributed by atoms with Crippen LogP contribution in [0.1, 0.15) is 31.2 Å². The zero-order valence-corrected chi connectivity index (χ0v) is 12.7. The average molecular weight is 294 g/mol. The Morgan fingerprint density at radius 3 is 3.00 bits per heavy atom. The number of nitrogens with zero attached hydrogens (tertiary/aromatic N) is 1. The highest BCUT2D eigenvalue weighted by Crippen LogP contribution is 2.33. The fourth-order valence-corrected chi connectivity index (χ4v) is 3.04. The maximum Gasteiger partial charge on any atom is 0.120 e. The van der Waals surface area contributed by atoms with Gasteiger partial charge in [0.1, 0.15) is 10.7 Å². The topological polar surface area (TPSA) is 58.7 Å². The van der Waals surface area contributed by atoms with Gasteiger partial charge in [-0.3, -0.25) is 0 Å². The molecule has 20 heavy (non-hydrogen) atoms. The number of aliphatic hydroxyl groups excluding tert-OH is 1. The van der Waals surface area contributed by atoms with Crippen LogP contribution in [0.2, 0.25) is 0 Å². The molecule has 1 heterocycles. The lowest BCUT2D eigenvalue weighted by atomic mass is 10.1. The van der Waals surface area contributed by atoms with Gasteiger partial charge >= 0.3 is 0 Å². The zero-order chi connectivity index (χ0) is 14.5.